The van der Waals surface area contributed by atoms with E-state index in [9.17, 15) is 5.11 Å². The van der Waals surface area contributed by atoms with Gasteiger partial charge in [-0.1, -0.05) is 0 Å². The lowest BCUT2D eigenvalue weighted by molar-refractivity contribution is -0.0128. The SMILES string of the molecule is CCn1nccc1C1(O)CCC(N)CC1. The molecule has 4 heteroatoms. The highest BCUT2D eigenvalue weighted by atomic mass is 16.3. The summed E-state index contributed by atoms with van der Waals surface area (Å²) in [6.45, 7) is 2.84. The van der Waals surface area contributed by atoms with Gasteiger partial charge >= 0.3 is 0 Å². The largest absolute Gasteiger partial charge is 0.384 e. The van der Waals surface area contributed by atoms with E-state index in [1.165, 1.54) is 0 Å². The summed E-state index contributed by atoms with van der Waals surface area (Å²) >= 11 is 0. The van der Waals surface area contributed by atoms with Gasteiger partial charge in [0.25, 0.3) is 0 Å². The molecular formula is C11H19N3O. The van der Waals surface area contributed by atoms with Crippen molar-refractivity contribution in [1.29, 1.82) is 0 Å². The van der Waals surface area contributed by atoms with Gasteiger partial charge < -0.3 is 10.8 Å². The van der Waals surface area contributed by atoms with Gasteiger partial charge in [-0.3, -0.25) is 4.68 Å². The molecule has 0 aliphatic heterocycles. The summed E-state index contributed by atoms with van der Waals surface area (Å²) in [7, 11) is 0. The Morgan fingerprint density at radius 3 is 2.87 bits per heavy atom. The summed E-state index contributed by atoms with van der Waals surface area (Å²) in [5.41, 5.74) is 6.08. The van der Waals surface area contributed by atoms with E-state index < -0.39 is 5.60 Å². The molecule has 1 fully saturated rings. The van der Waals surface area contributed by atoms with Gasteiger partial charge in [0.1, 0.15) is 5.60 Å². The van der Waals surface area contributed by atoms with Crippen LogP contribution in [0.1, 0.15) is 38.3 Å². The van der Waals surface area contributed by atoms with Gasteiger partial charge in [-0.05, 0) is 38.7 Å². The predicted molar refractivity (Wildman–Crippen MR) is 58.2 cm³/mol. The first kappa shape index (κ1) is 10.6. The molecule has 0 radical (unpaired) electrons. The minimum Gasteiger partial charge on any atom is -0.384 e. The molecule has 4 nitrogen and oxygen atoms in total. The van der Waals surface area contributed by atoms with E-state index in [1.54, 1.807) is 6.20 Å². The molecule has 3 N–H and O–H groups in total. The molecule has 1 saturated carbocycles. The van der Waals surface area contributed by atoms with Crippen LogP contribution >= 0.6 is 0 Å². The topological polar surface area (TPSA) is 64.1 Å². The molecule has 0 amide bonds. The smallest absolute Gasteiger partial charge is 0.106 e. The summed E-state index contributed by atoms with van der Waals surface area (Å²) in [5.74, 6) is 0. The van der Waals surface area contributed by atoms with Crippen LogP contribution < -0.4 is 5.73 Å². The van der Waals surface area contributed by atoms with Crippen molar-refractivity contribution < 1.29 is 5.11 Å². The molecule has 0 unspecified atom stereocenters. The molecule has 1 heterocycles. The van der Waals surface area contributed by atoms with Crippen LogP contribution in [-0.4, -0.2) is 20.9 Å². The first-order valence-electron chi connectivity index (χ1n) is 5.66. The molecule has 0 saturated heterocycles. The summed E-state index contributed by atoms with van der Waals surface area (Å²) < 4.78 is 1.87. The van der Waals surface area contributed by atoms with Gasteiger partial charge in [0.2, 0.25) is 0 Å². The fourth-order valence-corrected chi connectivity index (χ4v) is 2.35. The van der Waals surface area contributed by atoms with Gasteiger partial charge in [0.05, 0.1) is 5.69 Å². The van der Waals surface area contributed by atoms with Crippen LogP contribution in [0.2, 0.25) is 0 Å². The van der Waals surface area contributed by atoms with E-state index in [0.717, 1.165) is 37.9 Å². The Kier molecular flexibility index (Phi) is 2.80. The van der Waals surface area contributed by atoms with Gasteiger partial charge in [-0.15, -0.1) is 0 Å². The Balaban J connectivity index is 2.22. The Bertz CT molecular complexity index is 326. The first-order valence-corrected chi connectivity index (χ1v) is 5.66. The second-order valence-corrected chi connectivity index (χ2v) is 4.40. The Labute approximate surface area is 90.1 Å². The van der Waals surface area contributed by atoms with Crippen molar-refractivity contribution in [2.24, 2.45) is 5.73 Å². The number of aromatic nitrogens is 2. The highest BCUT2D eigenvalue weighted by Gasteiger charge is 2.36. The van der Waals surface area contributed by atoms with Crippen molar-refractivity contribution >= 4 is 0 Å². The summed E-state index contributed by atoms with van der Waals surface area (Å²) in [6, 6.07) is 2.17. The Morgan fingerprint density at radius 1 is 1.60 bits per heavy atom. The van der Waals surface area contributed by atoms with Crippen molar-refractivity contribution in [3.8, 4) is 0 Å². The highest BCUT2D eigenvalue weighted by Crippen LogP contribution is 2.36. The van der Waals surface area contributed by atoms with Crippen molar-refractivity contribution in [3.05, 3.63) is 18.0 Å². The molecule has 0 atom stereocenters. The van der Waals surface area contributed by atoms with Crippen molar-refractivity contribution in [2.75, 3.05) is 0 Å². The zero-order valence-electron chi connectivity index (χ0n) is 9.19. The number of aliphatic hydroxyl groups is 1. The van der Waals surface area contributed by atoms with E-state index in [-0.39, 0.29) is 6.04 Å². The minimum absolute atomic E-state index is 0.253. The lowest BCUT2D eigenvalue weighted by Gasteiger charge is -2.35. The molecular weight excluding hydrogens is 190 g/mol. The summed E-state index contributed by atoms with van der Waals surface area (Å²) in [5, 5.41) is 14.7. The van der Waals surface area contributed by atoms with Gasteiger partial charge in [-0.2, -0.15) is 5.10 Å². The summed E-state index contributed by atoms with van der Waals surface area (Å²) in [4.78, 5) is 0. The lowest BCUT2D eigenvalue weighted by atomic mass is 9.80. The number of nitrogens with zero attached hydrogens (tertiary/aromatic N) is 2. The molecule has 1 aromatic heterocycles. The highest BCUT2D eigenvalue weighted by molar-refractivity contribution is 5.13. The van der Waals surface area contributed by atoms with E-state index in [2.05, 4.69) is 5.10 Å². The molecule has 0 bridgehead atoms. The van der Waals surface area contributed by atoms with Crippen LogP contribution in [-0.2, 0) is 12.1 Å². The van der Waals surface area contributed by atoms with E-state index in [0.29, 0.717) is 0 Å². The van der Waals surface area contributed by atoms with Gasteiger partial charge in [0, 0.05) is 18.8 Å². The quantitative estimate of drug-likeness (QED) is 0.763. The average Bonchev–Trinajstić information content (AvgIpc) is 2.71. The molecule has 84 valence electrons. The third kappa shape index (κ3) is 1.92. The van der Waals surface area contributed by atoms with Crippen LogP contribution in [0.25, 0.3) is 0 Å². The lowest BCUT2D eigenvalue weighted by Crippen LogP contribution is -2.38. The second-order valence-electron chi connectivity index (χ2n) is 4.40. The van der Waals surface area contributed by atoms with E-state index in [1.807, 2.05) is 17.7 Å². The zero-order chi connectivity index (χ0) is 10.9. The van der Waals surface area contributed by atoms with Crippen LogP contribution in [0.3, 0.4) is 0 Å². The molecule has 15 heavy (non-hydrogen) atoms. The molecule has 1 aliphatic carbocycles. The molecule has 0 spiro atoms. The third-order valence-corrected chi connectivity index (χ3v) is 3.35. The van der Waals surface area contributed by atoms with Crippen LogP contribution in [0.4, 0.5) is 0 Å². The Morgan fingerprint density at radius 2 is 2.27 bits per heavy atom. The van der Waals surface area contributed by atoms with E-state index >= 15 is 0 Å². The maximum atomic E-state index is 10.5. The number of hydrogen-bond donors (Lipinski definition) is 2. The molecule has 1 aliphatic rings. The molecule has 1 aromatic rings. The number of aryl methyl sites for hydroxylation is 1. The van der Waals surface area contributed by atoms with Crippen molar-refractivity contribution in [1.82, 2.24) is 9.78 Å². The van der Waals surface area contributed by atoms with Crippen LogP contribution in [0.5, 0.6) is 0 Å². The molecule has 2 rings (SSSR count). The number of nitrogens with two attached hydrogens (primary N) is 1. The second kappa shape index (κ2) is 3.94. The minimum atomic E-state index is -0.706. The number of rotatable bonds is 2. The normalized spacial score (nSPS) is 31.8. The zero-order valence-corrected chi connectivity index (χ0v) is 9.19. The fourth-order valence-electron chi connectivity index (χ4n) is 2.35. The molecule has 0 aromatic carbocycles. The third-order valence-electron chi connectivity index (χ3n) is 3.35. The average molecular weight is 209 g/mol. The Hall–Kier alpha value is -0.870. The standard InChI is InChI=1S/C11H19N3O/c1-2-14-10(5-8-13-14)11(15)6-3-9(12)4-7-11/h5,8-9,15H,2-4,6-7,12H2,1H3. The number of hydrogen-bond acceptors (Lipinski definition) is 3. The van der Waals surface area contributed by atoms with Crippen molar-refractivity contribution in [3.63, 3.8) is 0 Å². The van der Waals surface area contributed by atoms with Crippen LogP contribution in [0, 0.1) is 0 Å². The maximum Gasteiger partial charge on any atom is 0.106 e. The van der Waals surface area contributed by atoms with Crippen LogP contribution in [0.15, 0.2) is 12.3 Å². The monoisotopic (exact) mass is 209 g/mol. The van der Waals surface area contributed by atoms with Gasteiger partial charge in [-0.25, -0.2) is 0 Å². The van der Waals surface area contributed by atoms with E-state index in [4.69, 9.17) is 5.73 Å². The predicted octanol–water partition coefficient (Wildman–Crippen LogP) is 0.992. The fraction of sp³-hybridized carbons (Fsp3) is 0.727. The summed E-state index contributed by atoms with van der Waals surface area (Å²) in [6.07, 6.45) is 5.04. The maximum absolute atomic E-state index is 10.5. The van der Waals surface area contributed by atoms with Gasteiger partial charge in [0.15, 0.2) is 0 Å². The van der Waals surface area contributed by atoms with Crippen molar-refractivity contribution in [2.45, 2.75) is 50.8 Å². The first-order chi connectivity index (χ1) is 7.15.